The van der Waals surface area contributed by atoms with Crippen LogP contribution in [0, 0.1) is 5.92 Å². The largest absolute Gasteiger partial charge is 0.495 e. The number of nitrogens with one attached hydrogen (secondary N) is 1. The number of primary amides is 1. The van der Waals surface area contributed by atoms with E-state index in [4.69, 9.17) is 10.5 Å². The number of ether oxygens (including phenoxy) is 1. The summed E-state index contributed by atoms with van der Waals surface area (Å²) in [5, 5.41) is 2.86. The summed E-state index contributed by atoms with van der Waals surface area (Å²) in [5.74, 6) is 0.100. The molecule has 1 aromatic heterocycles. The lowest BCUT2D eigenvalue weighted by Crippen LogP contribution is -2.27. The number of nitrogens with zero attached hydrogens (tertiary/aromatic N) is 1. The molecule has 2 amide bonds. The summed E-state index contributed by atoms with van der Waals surface area (Å²) in [6.45, 7) is 4.14. The highest BCUT2D eigenvalue weighted by Gasteiger charge is 2.22. The molecule has 2 rings (SSSR count). The van der Waals surface area contributed by atoms with Crippen molar-refractivity contribution in [1.29, 1.82) is 0 Å². The fourth-order valence-electron chi connectivity index (χ4n) is 2.54. The fourth-order valence-corrected chi connectivity index (χ4v) is 2.54. The molecular weight excluding hydrogens is 306 g/mol. The van der Waals surface area contributed by atoms with Gasteiger partial charge in [0.15, 0.2) is 0 Å². The van der Waals surface area contributed by atoms with E-state index in [0.717, 1.165) is 0 Å². The van der Waals surface area contributed by atoms with Crippen LogP contribution in [0.3, 0.4) is 0 Å². The van der Waals surface area contributed by atoms with Crippen molar-refractivity contribution >= 4 is 17.5 Å². The van der Waals surface area contributed by atoms with Crippen LogP contribution in [0.5, 0.6) is 5.75 Å². The predicted molar refractivity (Wildman–Crippen MR) is 93.1 cm³/mol. The van der Waals surface area contributed by atoms with Crippen LogP contribution in [0.1, 0.15) is 36.7 Å². The number of carbonyl (C=O) groups is 2. The van der Waals surface area contributed by atoms with E-state index in [-0.39, 0.29) is 11.9 Å². The molecule has 1 unspecified atom stereocenters. The Hall–Kier alpha value is -2.76. The summed E-state index contributed by atoms with van der Waals surface area (Å²) in [6, 6.07) is 8.13. The Bertz CT molecular complexity index is 708. The lowest BCUT2D eigenvalue weighted by Gasteiger charge is -2.21. The second-order valence-corrected chi connectivity index (χ2v) is 6.04. The first-order valence-corrected chi connectivity index (χ1v) is 7.83. The van der Waals surface area contributed by atoms with Gasteiger partial charge in [-0.15, -0.1) is 0 Å². The normalized spacial score (nSPS) is 12.0. The molecule has 128 valence electrons. The van der Waals surface area contributed by atoms with Gasteiger partial charge in [0.1, 0.15) is 11.8 Å². The highest BCUT2D eigenvalue weighted by Crippen LogP contribution is 2.27. The van der Waals surface area contributed by atoms with Crippen LogP contribution < -0.4 is 15.8 Å². The highest BCUT2D eigenvalue weighted by atomic mass is 16.5. The summed E-state index contributed by atoms with van der Waals surface area (Å²) in [5.41, 5.74) is 6.05. The number of nitrogens with two attached hydrogens (primary N) is 1. The van der Waals surface area contributed by atoms with Gasteiger partial charge in [-0.1, -0.05) is 13.8 Å². The third kappa shape index (κ3) is 4.16. The molecule has 6 heteroatoms. The second kappa shape index (κ2) is 7.68. The molecule has 0 fully saturated rings. The predicted octanol–water partition coefficient (Wildman–Crippen LogP) is 2.82. The lowest BCUT2D eigenvalue weighted by molar-refractivity contribution is -0.119. The summed E-state index contributed by atoms with van der Waals surface area (Å²) in [7, 11) is 1.51. The first-order valence-electron chi connectivity index (χ1n) is 7.83. The number of amides is 2. The summed E-state index contributed by atoms with van der Waals surface area (Å²) in [6.07, 6.45) is 4.42. The topological polar surface area (TPSA) is 86.3 Å². The Balaban J connectivity index is 2.29. The molecule has 1 aromatic carbocycles. The zero-order chi connectivity index (χ0) is 17.7. The van der Waals surface area contributed by atoms with Crippen LogP contribution in [0.15, 0.2) is 42.7 Å². The number of methoxy groups -OCH3 is 1. The van der Waals surface area contributed by atoms with Gasteiger partial charge in [-0.3, -0.25) is 9.59 Å². The monoisotopic (exact) mass is 329 g/mol. The number of carbonyl (C=O) groups excluding carboxylic acids is 2. The second-order valence-electron chi connectivity index (χ2n) is 6.04. The molecule has 2 aromatic rings. The Morgan fingerprint density at radius 2 is 1.92 bits per heavy atom. The lowest BCUT2D eigenvalue weighted by atomic mass is 10.0. The first kappa shape index (κ1) is 17.6. The van der Waals surface area contributed by atoms with Gasteiger partial charge in [0.25, 0.3) is 0 Å². The number of hydrogen-bond donors (Lipinski definition) is 2. The maximum absolute atomic E-state index is 12.8. The average Bonchev–Trinajstić information content (AvgIpc) is 3.06. The molecule has 0 bridgehead atoms. The van der Waals surface area contributed by atoms with Gasteiger partial charge in [0.05, 0.1) is 12.8 Å². The van der Waals surface area contributed by atoms with Crippen molar-refractivity contribution in [2.24, 2.45) is 11.7 Å². The maximum Gasteiger partial charge on any atom is 0.248 e. The van der Waals surface area contributed by atoms with Crippen LogP contribution in [0.2, 0.25) is 0 Å². The van der Waals surface area contributed by atoms with E-state index in [9.17, 15) is 9.59 Å². The first-order chi connectivity index (χ1) is 11.4. The maximum atomic E-state index is 12.8. The Morgan fingerprint density at radius 3 is 2.46 bits per heavy atom. The van der Waals surface area contributed by atoms with Crippen LogP contribution in [0.4, 0.5) is 5.69 Å². The third-order valence-electron chi connectivity index (χ3n) is 3.73. The van der Waals surface area contributed by atoms with E-state index >= 15 is 0 Å². The van der Waals surface area contributed by atoms with Gasteiger partial charge in [-0.05, 0) is 42.7 Å². The van der Waals surface area contributed by atoms with Gasteiger partial charge in [0, 0.05) is 18.0 Å². The van der Waals surface area contributed by atoms with Crippen molar-refractivity contribution < 1.29 is 14.3 Å². The Labute approximate surface area is 141 Å². The number of benzene rings is 1. The zero-order valence-corrected chi connectivity index (χ0v) is 14.2. The SMILES string of the molecule is COc1ccc(C(N)=O)cc1NC(=O)C(CC(C)C)n1cccc1. The van der Waals surface area contributed by atoms with E-state index in [1.165, 1.54) is 13.2 Å². The van der Waals surface area contributed by atoms with E-state index in [1.54, 1.807) is 12.1 Å². The van der Waals surface area contributed by atoms with E-state index in [0.29, 0.717) is 29.3 Å². The molecule has 0 saturated heterocycles. The summed E-state index contributed by atoms with van der Waals surface area (Å²) < 4.78 is 7.13. The van der Waals surface area contributed by atoms with Gasteiger partial charge < -0.3 is 20.4 Å². The molecular formula is C18H23N3O3. The zero-order valence-electron chi connectivity index (χ0n) is 14.2. The van der Waals surface area contributed by atoms with E-state index in [1.807, 2.05) is 29.1 Å². The Kier molecular flexibility index (Phi) is 5.63. The molecule has 3 N–H and O–H groups in total. The van der Waals surface area contributed by atoms with Crippen LogP contribution in [-0.2, 0) is 4.79 Å². The number of aromatic nitrogens is 1. The van der Waals surface area contributed by atoms with Gasteiger partial charge >= 0.3 is 0 Å². The molecule has 24 heavy (non-hydrogen) atoms. The molecule has 0 aliphatic rings. The molecule has 0 aliphatic heterocycles. The van der Waals surface area contributed by atoms with Crippen LogP contribution in [-0.4, -0.2) is 23.5 Å². The minimum atomic E-state index is -0.558. The third-order valence-corrected chi connectivity index (χ3v) is 3.73. The van der Waals surface area contributed by atoms with Crippen LogP contribution in [0.25, 0.3) is 0 Å². The van der Waals surface area contributed by atoms with Gasteiger partial charge in [-0.2, -0.15) is 0 Å². The van der Waals surface area contributed by atoms with Crippen LogP contribution >= 0.6 is 0 Å². The Morgan fingerprint density at radius 1 is 1.25 bits per heavy atom. The molecule has 0 radical (unpaired) electrons. The van der Waals surface area contributed by atoms with Crippen molar-refractivity contribution in [1.82, 2.24) is 4.57 Å². The molecule has 0 aliphatic carbocycles. The quantitative estimate of drug-likeness (QED) is 0.819. The highest BCUT2D eigenvalue weighted by molar-refractivity contribution is 5.98. The van der Waals surface area contributed by atoms with Crippen molar-refractivity contribution in [3.05, 3.63) is 48.3 Å². The minimum absolute atomic E-state index is 0.167. The van der Waals surface area contributed by atoms with Crippen molar-refractivity contribution in [3.8, 4) is 5.75 Å². The van der Waals surface area contributed by atoms with Crippen molar-refractivity contribution in [3.63, 3.8) is 0 Å². The molecule has 1 atom stereocenters. The number of hydrogen-bond acceptors (Lipinski definition) is 3. The van der Waals surface area contributed by atoms with E-state index < -0.39 is 5.91 Å². The minimum Gasteiger partial charge on any atom is -0.495 e. The number of anilines is 1. The fraction of sp³-hybridized carbons (Fsp3) is 0.333. The van der Waals surface area contributed by atoms with E-state index in [2.05, 4.69) is 19.2 Å². The average molecular weight is 329 g/mol. The molecule has 1 heterocycles. The molecule has 0 spiro atoms. The molecule has 6 nitrogen and oxygen atoms in total. The van der Waals surface area contributed by atoms with Crippen molar-refractivity contribution in [2.75, 3.05) is 12.4 Å². The van der Waals surface area contributed by atoms with Gasteiger partial charge in [0.2, 0.25) is 11.8 Å². The summed E-state index contributed by atoms with van der Waals surface area (Å²) in [4.78, 5) is 24.2. The number of rotatable bonds is 7. The smallest absolute Gasteiger partial charge is 0.248 e. The van der Waals surface area contributed by atoms with Crippen molar-refractivity contribution in [2.45, 2.75) is 26.3 Å². The summed E-state index contributed by atoms with van der Waals surface area (Å²) >= 11 is 0. The van der Waals surface area contributed by atoms with Gasteiger partial charge in [-0.25, -0.2) is 0 Å². The molecule has 0 saturated carbocycles. The standard InChI is InChI=1S/C18H23N3O3/c1-12(2)10-15(21-8-4-5-9-21)18(23)20-14-11-13(17(19)22)6-7-16(14)24-3/h4-9,11-12,15H,10H2,1-3H3,(H2,19,22)(H,20,23).